The molecule has 0 heterocycles. The fraction of sp³-hybridized carbons (Fsp3) is 0.857. The van der Waals surface area contributed by atoms with Gasteiger partial charge < -0.3 is 4.79 Å². The molecule has 16 heavy (non-hydrogen) atoms. The summed E-state index contributed by atoms with van der Waals surface area (Å²) in [6, 6.07) is 0. The molecule has 0 aromatic carbocycles. The molecule has 2 heteroatoms. The zero-order valence-corrected chi connectivity index (χ0v) is 11.3. The number of carbonyl (C=O) groups is 2. The maximum Gasteiger partial charge on any atom is 0.138 e. The lowest BCUT2D eigenvalue weighted by atomic mass is 9.88. The average Bonchev–Trinajstić information content (AvgIpc) is 2.14. The Labute approximate surface area is 99.8 Å². The SMILES string of the molecule is CC(=O)CCCCCCCC(=O)C(C)(C)C. The zero-order chi connectivity index (χ0) is 12.6. The second-order valence-corrected chi connectivity index (χ2v) is 5.64. The van der Waals surface area contributed by atoms with Crippen LogP contribution >= 0.6 is 0 Å². The smallest absolute Gasteiger partial charge is 0.138 e. The fourth-order valence-corrected chi connectivity index (χ4v) is 1.56. The molecule has 0 atom stereocenters. The number of ketones is 2. The van der Waals surface area contributed by atoms with Crippen molar-refractivity contribution >= 4 is 11.6 Å². The molecule has 2 nitrogen and oxygen atoms in total. The minimum Gasteiger partial charge on any atom is -0.300 e. The summed E-state index contributed by atoms with van der Waals surface area (Å²) < 4.78 is 0. The van der Waals surface area contributed by atoms with E-state index in [0.29, 0.717) is 18.6 Å². The predicted molar refractivity (Wildman–Crippen MR) is 67.5 cm³/mol. The lowest BCUT2D eigenvalue weighted by molar-refractivity contribution is -0.126. The van der Waals surface area contributed by atoms with Crippen LogP contribution in [0.2, 0.25) is 0 Å². The summed E-state index contributed by atoms with van der Waals surface area (Å²) in [7, 11) is 0. The number of hydrogen-bond donors (Lipinski definition) is 0. The average molecular weight is 226 g/mol. The Kier molecular flexibility index (Phi) is 7.27. The van der Waals surface area contributed by atoms with Gasteiger partial charge in [0.2, 0.25) is 0 Å². The maximum absolute atomic E-state index is 11.6. The van der Waals surface area contributed by atoms with Gasteiger partial charge in [-0.3, -0.25) is 4.79 Å². The Balaban J connectivity index is 3.34. The lowest BCUT2D eigenvalue weighted by Gasteiger charge is -2.16. The molecule has 0 aliphatic rings. The Morgan fingerprint density at radius 1 is 0.812 bits per heavy atom. The van der Waals surface area contributed by atoms with Gasteiger partial charge in [-0.25, -0.2) is 0 Å². The van der Waals surface area contributed by atoms with Crippen LogP contribution in [0.15, 0.2) is 0 Å². The van der Waals surface area contributed by atoms with Crippen LogP contribution in [0, 0.1) is 5.41 Å². The van der Waals surface area contributed by atoms with Crippen molar-refractivity contribution in [3.63, 3.8) is 0 Å². The Morgan fingerprint density at radius 3 is 1.69 bits per heavy atom. The lowest BCUT2D eigenvalue weighted by Crippen LogP contribution is -2.19. The highest BCUT2D eigenvalue weighted by atomic mass is 16.1. The molecule has 0 bridgehead atoms. The van der Waals surface area contributed by atoms with Gasteiger partial charge in [-0.15, -0.1) is 0 Å². The summed E-state index contributed by atoms with van der Waals surface area (Å²) in [4.78, 5) is 22.3. The van der Waals surface area contributed by atoms with Gasteiger partial charge in [0.15, 0.2) is 0 Å². The van der Waals surface area contributed by atoms with Crippen molar-refractivity contribution in [1.82, 2.24) is 0 Å². The largest absolute Gasteiger partial charge is 0.300 e. The standard InChI is InChI=1S/C14H26O2/c1-12(15)10-8-6-5-7-9-11-13(16)14(2,3)4/h5-11H2,1-4H3. The third kappa shape index (κ3) is 8.63. The summed E-state index contributed by atoms with van der Waals surface area (Å²) in [6.45, 7) is 7.56. The second kappa shape index (κ2) is 7.59. The quantitative estimate of drug-likeness (QED) is 0.588. The summed E-state index contributed by atoms with van der Waals surface area (Å²) >= 11 is 0. The summed E-state index contributed by atoms with van der Waals surface area (Å²) in [5, 5.41) is 0. The highest BCUT2D eigenvalue weighted by molar-refractivity contribution is 5.83. The van der Waals surface area contributed by atoms with Crippen molar-refractivity contribution in [2.45, 2.75) is 72.6 Å². The van der Waals surface area contributed by atoms with E-state index in [1.807, 2.05) is 20.8 Å². The molecule has 0 aliphatic carbocycles. The minimum atomic E-state index is -0.186. The van der Waals surface area contributed by atoms with Crippen LogP contribution in [-0.4, -0.2) is 11.6 Å². The second-order valence-electron chi connectivity index (χ2n) is 5.64. The van der Waals surface area contributed by atoms with E-state index in [9.17, 15) is 9.59 Å². The van der Waals surface area contributed by atoms with Crippen molar-refractivity contribution in [1.29, 1.82) is 0 Å². The number of rotatable bonds is 8. The molecule has 0 aliphatic heterocycles. The highest BCUT2D eigenvalue weighted by Gasteiger charge is 2.19. The molecule has 0 aromatic rings. The van der Waals surface area contributed by atoms with Crippen LogP contribution in [0.25, 0.3) is 0 Å². The molecule has 0 radical (unpaired) electrons. The number of carbonyl (C=O) groups excluding carboxylic acids is 2. The van der Waals surface area contributed by atoms with Gasteiger partial charge in [0.1, 0.15) is 11.6 Å². The molecular weight excluding hydrogens is 200 g/mol. The van der Waals surface area contributed by atoms with Gasteiger partial charge in [-0.2, -0.15) is 0 Å². The monoisotopic (exact) mass is 226 g/mol. The Morgan fingerprint density at radius 2 is 1.25 bits per heavy atom. The van der Waals surface area contributed by atoms with E-state index in [4.69, 9.17) is 0 Å². The van der Waals surface area contributed by atoms with Crippen LogP contribution in [0.3, 0.4) is 0 Å². The van der Waals surface area contributed by atoms with E-state index >= 15 is 0 Å². The van der Waals surface area contributed by atoms with Gasteiger partial charge in [0, 0.05) is 18.3 Å². The van der Waals surface area contributed by atoms with Crippen LogP contribution in [0.1, 0.15) is 72.6 Å². The molecule has 0 amide bonds. The van der Waals surface area contributed by atoms with Gasteiger partial charge in [-0.1, -0.05) is 40.0 Å². The maximum atomic E-state index is 11.6. The minimum absolute atomic E-state index is 0.186. The molecule has 0 N–H and O–H groups in total. The summed E-state index contributed by atoms with van der Waals surface area (Å²) in [5.41, 5.74) is -0.186. The summed E-state index contributed by atoms with van der Waals surface area (Å²) in [6.07, 6.45) is 6.78. The molecule has 94 valence electrons. The number of unbranched alkanes of at least 4 members (excludes halogenated alkanes) is 4. The molecule has 0 unspecified atom stereocenters. The third-order valence-electron chi connectivity index (χ3n) is 2.77. The van der Waals surface area contributed by atoms with Crippen LogP contribution < -0.4 is 0 Å². The fourth-order valence-electron chi connectivity index (χ4n) is 1.56. The van der Waals surface area contributed by atoms with Crippen LogP contribution in [0.5, 0.6) is 0 Å². The predicted octanol–water partition coefficient (Wildman–Crippen LogP) is 3.92. The summed E-state index contributed by atoms with van der Waals surface area (Å²) in [5.74, 6) is 0.638. The Bertz CT molecular complexity index is 223. The molecule has 0 rings (SSSR count). The molecule has 0 fully saturated rings. The first-order chi connectivity index (χ1) is 7.34. The van der Waals surface area contributed by atoms with Gasteiger partial charge >= 0.3 is 0 Å². The normalized spacial score (nSPS) is 11.5. The van der Waals surface area contributed by atoms with Crippen molar-refractivity contribution in [3.05, 3.63) is 0 Å². The molecular formula is C14H26O2. The van der Waals surface area contributed by atoms with E-state index in [-0.39, 0.29) is 11.2 Å². The molecule has 0 aromatic heterocycles. The first-order valence-corrected chi connectivity index (χ1v) is 6.37. The van der Waals surface area contributed by atoms with E-state index in [0.717, 1.165) is 32.1 Å². The van der Waals surface area contributed by atoms with Gasteiger partial charge in [0.25, 0.3) is 0 Å². The number of hydrogen-bond acceptors (Lipinski definition) is 2. The van der Waals surface area contributed by atoms with Crippen molar-refractivity contribution < 1.29 is 9.59 Å². The first-order valence-electron chi connectivity index (χ1n) is 6.37. The topological polar surface area (TPSA) is 34.1 Å². The van der Waals surface area contributed by atoms with Crippen molar-refractivity contribution in [3.8, 4) is 0 Å². The van der Waals surface area contributed by atoms with Gasteiger partial charge in [0.05, 0.1) is 0 Å². The van der Waals surface area contributed by atoms with E-state index in [1.54, 1.807) is 6.92 Å². The highest BCUT2D eigenvalue weighted by Crippen LogP contribution is 2.19. The zero-order valence-electron chi connectivity index (χ0n) is 11.3. The molecule has 0 saturated heterocycles. The molecule has 0 saturated carbocycles. The Hall–Kier alpha value is -0.660. The number of Topliss-reactive ketones (excluding diaryl/α,β-unsaturated/α-hetero) is 2. The molecule has 0 spiro atoms. The first kappa shape index (κ1) is 15.3. The van der Waals surface area contributed by atoms with Crippen molar-refractivity contribution in [2.75, 3.05) is 0 Å². The van der Waals surface area contributed by atoms with E-state index < -0.39 is 0 Å². The van der Waals surface area contributed by atoms with Gasteiger partial charge in [-0.05, 0) is 19.8 Å². The van der Waals surface area contributed by atoms with Crippen LogP contribution in [0.4, 0.5) is 0 Å². The van der Waals surface area contributed by atoms with E-state index in [2.05, 4.69) is 0 Å². The van der Waals surface area contributed by atoms with E-state index in [1.165, 1.54) is 0 Å². The van der Waals surface area contributed by atoms with Crippen molar-refractivity contribution in [2.24, 2.45) is 5.41 Å². The third-order valence-corrected chi connectivity index (χ3v) is 2.77. The van der Waals surface area contributed by atoms with Crippen LogP contribution in [-0.2, 0) is 9.59 Å².